The second-order valence-electron chi connectivity index (χ2n) is 4.77. The summed E-state index contributed by atoms with van der Waals surface area (Å²) in [4.78, 5) is 0. The maximum atomic E-state index is 3.58. The van der Waals surface area contributed by atoms with E-state index in [9.17, 15) is 0 Å². The largest absolute Gasteiger partial charge is 0.317 e. The minimum absolute atomic E-state index is 0.876. The summed E-state index contributed by atoms with van der Waals surface area (Å²) in [7, 11) is 0. The third kappa shape index (κ3) is 4.78. The molecule has 2 rings (SSSR count). The number of nitrogens with one attached hydrogen (secondary N) is 2. The minimum atomic E-state index is 0.876. The summed E-state index contributed by atoms with van der Waals surface area (Å²) in [5.41, 5.74) is 1.41. The molecule has 0 bridgehead atoms. The van der Waals surface area contributed by atoms with E-state index in [0.29, 0.717) is 0 Å². The van der Waals surface area contributed by atoms with Gasteiger partial charge in [-0.05, 0) is 69.1 Å². The molecule has 0 aliphatic carbocycles. The van der Waals surface area contributed by atoms with Crippen LogP contribution in [0.25, 0.3) is 0 Å². The molecule has 0 atom stereocenters. The highest BCUT2D eigenvalue weighted by Crippen LogP contribution is 2.11. The van der Waals surface area contributed by atoms with Crippen molar-refractivity contribution in [1.82, 2.24) is 10.6 Å². The zero-order chi connectivity index (χ0) is 11.9. The van der Waals surface area contributed by atoms with E-state index in [1.54, 1.807) is 0 Å². The van der Waals surface area contributed by atoms with Gasteiger partial charge in [-0.25, -0.2) is 0 Å². The van der Waals surface area contributed by atoms with E-state index < -0.39 is 0 Å². The van der Waals surface area contributed by atoms with Gasteiger partial charge in [0.1, 0.15) is 0 Å². The highest BCUT2D eigenvalue weighted by atomic mass is 79.9. The van der Waals surface area contributed by atoms with Crippen LogP contribution in [0.2, 0.25) is 0 Å². The molecule has 0 radical (unpaired) electrons. The molecule has 0 unspecified atom stereocenters. The van der Waals surface area contributed by atoms with Crippen LogP contribution in [0, 0.1) is 5.92 Å². The predicted octanol–water partition coefficient (Wildman–Crippen LogP) is 2.58. The highest BCUT2D eigenvalue weighted by molar-refractivity contribution is 9.10. The van der Waals surface area contributed by atoms with Crippen molar-refractivity contribution in [2.45, 2.75) is 19.3 Å². The third-order valence-corrected chi connectivity index (χ3v) is 3.92. The summed E-state index contributed by atoms with van der Waals surface area (Å²) < 4.78 is 1.16. The van der Waals surface area contributed by atoms with Crippen LogP contribution >= 0.6 is 15.9 Å². The number of hydrogen-bond acceptors (Lipinski definition) is 2. The van der Waals surface area contributed by atoms with Gasteiger partial charge < -0.3 is 10.6 Å². The van der Waals surface area contributed by atoms with Crippen molar-refractivity contribution in [3.8, 4) is 0 Å². The quantitative estimate of drug-likeness (QED) is 0.816. The molecule has 0 saturated carbocycles. The zero-order valence-electron chi connectivity index (χ0n) is 10.2. The molecule has 1 aromatic carbocycles. The van der Waals surface area contributed by atoms with Gasteiger partial charge in [-0.3, -0.25) is 0 Å². The second kappa shape index (κ2) is 7.14. The Hall–Kier alpha value is -0.380. The Bertz CT molecular complexity index is 317. The number of hydrogen-bond donors (Lipinski definition) is 2. The Morgan fingerprint density at radius 2 is 1.88 bits per heavy atom. The summed E-state index contributed by atoms with van der Waals surface area (Å²) in [6, 6.07) is 8.61. The van der Waals surface area contributed by atoms with E-state index in [2.05, 4.69) is 50.8 Å². The zero-order valence-corrected chi connectivity index (χ0v) is 11.8. The van der Waals surface area contributed by atoms with Gasteiger partial charge >= 0.3 is 0 Å². The molecular weight excluding hydrogens is 276 g/mol. The number of piperidine rings is 1. The van der Waals surface area contributed by atoms with Gasteiger partial charge in [0.25, 0.3) is 0 Å². The lowest BCUT2D eigenvalue weighted by Gasteiger charge is -2.22. The fraction of sp³-hybridized carbons (Fsp3) is 0.571. The Balaban J connectivity index is 1.60. The van der Waals surface area contributed by atoms with Gasteiger partial charge in [-0.1, -0.05) is 28.1 Å². The third-order valence-electron chi connectivity index (χ3n) is 3.40. The molecule has 1 aliphatic rings. The lowest BCUT2D eigenvalue weighted by molar-refractivity contribution is 0.358. The van der Waals surface area contributed by atoms with Gasteiger partial charge in [-0.15, -0.1) is 0 Å². The Morgan fingerprint density at radius 1 is 1.18 bits per heavy atom. The summed E-state index contributed by atoms with van der Waals surface area (Å²) in [6.45, 7) is 4.65. The van der Waals surface area contributed by atoms with Crippen molar-refractivity contribution in [3.05, 3.63) is 34.3 Å². The van der Waals surface area contributed by atoms with Crippen LogP contribution < -0.4 is 10.6 Å². The molecule has 17 heavy (non-hydrogen) atoms. The van der Waals surface area contributed by atoms with Crippen LogP contribution in [0.1, 0.15) is 18.4 Å². The molecule has 94 valence electrons. The van der Waals surface area contributed by atoms with E-state index >= 15 is 0 Å². The standard InChI is InChI=1S/C14H21BrN2/c15-14-3-1-12(2-4-14)5-10-17-11-13-6-8-16-9-7-13/h1-4,13,16-17H,5-11H2. The lowest BCUT2D eigenvalue weighted by atomic mass is 9.98. The van der Waals surface area contributed by atoms with Crippen molar-refractivity contribution < 1.29 is 0 Å². The van der Waals surface area contributed by atoms with Crippen LogP contribution in [0.5, 0.6) is 0 Å². The average molecular weight is 297 g/mol. The Morgan fingerprint density at radius 3 is 2.59 bits per heavy atom. The van der Waals surface area contributed by atoms with Crippen LogP contribution in [0.3, 0.4) is 0 Å². The molecule has 2 nitrogen and oxygen atoms in total. The summed E-state index contributed by atoms with van der Waals surface area (Å²) in [5, 5.41) is 6.98. The molecule has 0 amide bonds. The summed E-state index contributed by atoms with van der Waals surface area (Å²) in [5.74, 6) is 0.876. The summed E-state index contributed by atoms with van der Waals surface area (Å²) >= 11 is 3.46. The van der Waals surface area contributed by atoms with Crippen LogP contribution in [-0.4, -0.2) is 26.2 Å². The van der Waals surface area contributed by atoms with E-state index in [4.69, 9.17) is 0 Å². The van der Waals surface area contributed by atoms with Crippen molar-refractivity contribution in [2.75, 3.05) is 26.2 Å². The van der Waals surface area contributed by atoms with Crippen LogP contribution in [0.4, 0.5) is 0 Å². The monoisotopic (exact) mass is 296 g/mol. The topological polar surface area (TPSA) is 24.1 Å². The highest BCUT2D eigenvalue weighted by Gasteiger charge is 2.11. The number of rotatable bonds is 5. The Labute approximate surface area is 112 Å². The maximum Gasteiger partial charge on any atom is 0.0175 e. The number of halogens is 1. The molecule has 1 aliphatic heterocycles. The van der Waals surface area contributed by atoms with Gasteiger partial charge in [0.05, 0.1) is 0 Å². The molecular formula is C14H21BrN2. The second-order valence-corrected chi connectivity index (χ2v) is 5.69. The van der Waals surface area contributed by atoms with Crippen molar-refractivity contribution in [2.24, 2.45) is 5.92 Å². The summed E-state index contributed by atoms with van der Waals surface area (Å²) in [6.07, 6.45) is 3.77. The van der Waals surface area contributed by atoms with Gasteiger partial charge in [0.2, 0.25) is 0 Å². The smallest absolute Gasteiger partial charge is 0.0175 e. The van der Waals surface area contributed by atoms with Crippen molar-refractivity contribution >= 4 is 15.9 Å². The normalized spacial score (nSPS) is 17.2. The van der Waals surface area contributed by atoms with E-state index in [1.165, 1.54) is 38.0 Å². The fourth-order valence-corrected chi connectivity index (χ4v) is 2.54. The van der Waals surface area contributed by atoms with E-state index in [-0.39, 0.29) is 0 Å². The molecule has 1 fully saturated rings. The maximum absolute atomic E-state index is 3.58. The molecule has 1 aromatic rings. The van der Waals surface area contributed by atoms with Crippen molar-refractivity contribution in [3.63, 3.8) is 0 Å². The van der Waals surface area contributed by atoms with E-state index in [0.717, 1.165) is 23.4 Å². The lowest BCUT2D eigenvalue weighted by Crippen LogP contribution is -2.34. The Kier molecular flexibility index (Phi) is 5.49. The van der Waals surface area contributed by atoms with Gasteiger partial charge in [-0.2, -0.15) is 0 Å². The average Bonchev–Trinajstić information content (AvgIpc) is 2.38. The SMILES string of the molecule is Brc1ccc(CCNCC2CCNCC2)cc1. The van der Waals surface area contributed by atoms with Gasteiger partial charge in [0, 0.05) is 4.47 Å². The first-order chi connectivity index (χ1) is 8.34. The molecule has 3 heteroatoms. The number of benzene rings is 1. The molecule has 0 aromatic heterocycles. The molecule has 1 heterocycles. The van der Waals surface area contributed by atoms with Crippen LogP contribution in [0.15, 0.2) is 28.7 Å². The molecule has 1 saturated heterocycles. The van der Waals surface area contributed by atoms with Gasteiger partial charge in [0.15, 0.2) is 0 Å². The molecule has 2 N–H and O–H groups in total. The predicted molar refractivity (Wildman–Crippen MR) is 76.3 cm³/mol. The first-order valence-corrected chi connectivity index (χ1v) is 7.30. The van der Waals surface area contributed by atoms with Crippen molar-refractivity contribution in [1.29, 1.82) is 0 Å². The fourth-order valence-electron chi connectivity index (χ4n) is 2.28. The first kappa shape index (κ1) is 13.1. The first-order valence-electron chi connectivity index (χ1n) is 6.50. The minimum Gasteiger partial charge on any atom is -0.317 e. The van der Waals surface area contributed by atoms with E-state index in [1.807, 2.05) is 0 Å². The van der Waals surface area contributed by atoms with Crippen LogP contribution in [-0.2, 0) is 6.42 Å². The molecule has 0 spiro atoms.